The van der Waals surface area contributed by atoms with Gasteiger partial charge in [0.2, 0.25) is 5.89 Å². The summed E-state index contributed by atoms with van der Waals surface area (Å²) in [6.07, 6.45) is 2.12. The van der Waals surface area contributed by atoms with E-state index in [2.05, 4.69) is 34.0 Å². The fourth-order valence-electron chi connectivity index (χ4n) is 2.39. The van der Waals surface area contributed by atoms with Crippen LogP contribution in [-0.4, -0.2) is 64.9 Å². The van der Waals surface area contributed by atoms with Gasteiger partial charge in [0.15, 0.2) is 5.82 Å². The topological polar surface area (TPSA) is 65.6 Å². The van der Waals surface area contributed by atoms with Gasteiger partial charge in [-0.3, -0.25) is 4.90 Å². The van der Waals surface area contributed by atoms with Crippen molar-refractivity contribution in [1.29, 1.82) is 0 Å². The number of aryl methyl sites for hydroxylation is 1. The first-order valence-corrected chi connectivity index (χ1v) is 6.95. The van der Waals surface area contributed by atoms with Crippen LogP contribution in [0.3, 0.4) is 0 Å². The Balaban J connectivity index is 2.03. The van der Waals surface area contributed by atoms with Crippen molar-refractivity contribution in [2.75, 3.05) is 33.7 Å². The fraction of sp³-hybridized carbons (Fsp3) is 0.846. The molecule has 0 radical (unpaired) electrons. The molecular weight excluding hydrogens is 244 g/mol. The number of nitrogens with zero attached hydrogens (tertiary/aromatic N) is 4. The highest BCUT2D eigenvalue weighted by molar-refractivity contribution is 4.97. The van der Waals surface area contributed by atoms with Crippen molar-refractivity contribution in [2.24, 2.45) is 0 Å². The van der Waals surface area contributed by atoms with Crippen molar-refractivity contribution in [2.45, 2.75) is 38.3 Å². The number of likely N-dealkylation sites (N-methyl/N-ethyl adjacent to an activating group) is 2. The Morgan fingerprint density at radius 3 is 2.95 bits per heavy atom. The van der Waals surface area contributed by atoms with Gasteiger partial charge in [-0.1, -0.05) is 5.16 Å². The van der Waals surface area contributed by atoms with Crippen LogP contribution in [0, 0.1) is 0 Å². The molecule has 1 N–H and O–H groups in total. The third-order valence-corrected chi connectivity index (χ3v) is 3.63. The van der Waals surface area contributed by atoms with E-state index in [-0.39, 0.29) is 12.1 Å². The molecule has 0 spiro atoms. The third-order valence-electron chi connectivity index (χ3n) is 3.63. The van der Waals surface area contributed by atoms with Crippen molar-refractivity contribution in [3.05, 3.63) is 11.7 Å². The van der Waals surface area contributed by atoms with Crippen molar-refractivity contribution in [3.8, 4) is 0 Å². The van der Waals surface area contributed by atoms with Crippen LogP contribution in [0.2, 0.25) is 0 Å². The molecule has 1 aliphatic rings. The highest BCUT2D eigenvalue weighted by Gasteiger charge is 2.26. The zero-order chi connectivity index (χ0) is 13.8. The highest BCUT2D eigenvalue weighted by atomic mass is 16.5. The van der Waals surface area contributed by atoms with Crippen molar-refractivity contribution in [3.63, 3.8) is 0 Å². The summed E-state index contributed by atoms with van der Waals surface area (Å²) in [5.74, 6) is 1.38. The van der Waals surface area contributed by atoms with Crippen LogP contribution < -0.4 is 0 Å². The molecule has 2 unspecified atom stereocenters. The molecule has 1 aromatic rings. The molecule has 2 rings (SSSR count). The van der Waals surface area contributed by atoms with Crippen LogP contribution in [0.5, 0.6) is 0 Å². The normalized spacial score (nSPS) is 24.3. The SMILES string of the molecule is CC(O)CCc1nc(C2CN(C)CCCN2C)no1. The average Bonchev–Trinajstić information content (AvgIpc) is 2.75. The predicted octanol–water partition coefficient (Wildman–Crippen LogP) is 0.691. The van der Waals surface area contributed by atoms with Gasteiger partial charge < -0.3 is 14.5 Å². The van der Waals surface area contributed by atoms with Crippen molar-refractivity contribution < 1.29 is 9.63 Å². The lowest BCUT2D eigenvalue weighted by atomic mass is 10.2. The van der Waals surface area contributed by atoms with Gasteiger partial charge in [-0.15, -0.1) is 0 Å². The molecule has 1 fully saturated rings. The van der Waals surface area contributed by atoms with Crippen LogP contribution in [0.15, 0.2) is 4.52 Å². The molecule has 6 heteroatoms. The molecule has 0 saturated carbocycles. The second-order valence-corrected chi connectivity index (χ2v) is 5.55. The first-order chi connectivity index (χ1) is 9.06. The summed E-state index contributed by atoms with van der Waals surface area (Å²) in [4.78, 5) is 9.07. The van der Waals surface area contributed by atoms with Crippen molar-refractivity contribution >= 4 is 0 Å². The van der Waals surface area contributed by atoms with E-state index in [1.807, 2.05) is 0 Å². The lowest BCUT2D eigenvalue weighted by Gasteiger charge is -2.24. The molecule has 1 aliphatic heterocycles. The van der Waals surface area contributed by atoms with Gasteiger partial charge >= 0.3 is 0 Å². The lowest BCUT2D eigenvalue weighted by molar-refractivity contribution is 0.180. The number of aliphatic hydroxyl groups is 1. The second-order valence-electron chi connectivity index (χ2n) is 5.55. The standard InChI is InChI=1S/C13H24N4O2/c1-10(18)5-6-12-14-13(15-19-12)11-9-16(2)7-4-8-17(11)3/h10-11,18H,4-9H2,1-3H3. The van der Waals surface area contributed by atoms with Crippen LogP contribution in [-0.2, 0) is 6.42 Å². The van der Waals surface area contributed by atoms with Crippen LogP contribution in [0.1, 0.15) is 37.5 Å². The number of hydrogen-bond acceptors (Lipinski definition) is 6. The minimum Gasteiger partial charge on any atom is -0.393 e. The molecule has 0 aromatic carbocycles. The Hall–Kier alpha value is -0.980. The Kier molecular flexibility index (Phi) is 4.90. The Morgan fingerprint density at radius 2 is 2.21 bits per heavy atom. The van der Waals surface area contributed by atoms with Gasteiger partial charge in [-0.05, 0) is 47.0 Å². The first kappa shape index (κ1) is 14.4. The quantitative estimate of drug-likeness (QED) is 0.867. The Labute approximate surface area is 114 Å². The van der Waals surface area contributed by atoms with E-state index in [1.165, 1.54) is 0 Å². The number of rotatable bonds is 4. The van der Waals surface area contributed by atoms with Gasteiger partial charge in [0.1, 0.15) is 0 Å². The van der Waals surface area contributed by atoms with E-state index in [0.717, 1.165) is 31.9 Å². The minimum absolute atomic E-state index is 0.191. The fourth-order valence-corrected chi connectivity index (χ4v) is 2.39. The van der Waals surface area contributed by atoms with Gasteiger partial charge in [0.05, 0.1) is 12.1 Å². The highest BCUT2D eigenvalue weighted by Crippen LogP contribution is 2.21. The molecule has 19 heavy (non-hydrogen) atoms. The molecular formula is C13H24N4O2. The Morgan fingerprint density at radius 1 is 1.42 bits per heavy atom. The summed E-state index contributed by atoms with van der Waals surface area (Å²) in [6.45, 7) is 4.84. The van der Waals surface area contributed by atoms with Gasteiger partial charge in [0, 0.05) is 13.0 Å². The molecule has 2 atom stereocenters. The van der Waals surface area contributed by atoms with Gasteiger partial charge in [0.25, 0.3) is 0 Å². The van der Waals surface area contributed by atoms with Crippen LogP contribution >= 0.6 is 0 Å². The molecule has 0 aliphatic carbocycles. The summed E-state index contributed by atoms with van der Waals surface area (Å²) in [5.41, 5.74) is 0. The monoisotopic (exact) mass is 268 g/mol. The van der Waals surface area contributed by atoms with E-state index in [9.17, 15) is 5.11 Å². The predicted molar refractivity (Wildman–Crippen MR) is 71.8 cm³/mol. The zero-order valence-electron chi connectivity index (χ0n) is 12.0. The molecule has 2 heterocycles. The maximum atomic E-state index is 9.28. The van der Waals surface area contributed by atoms with Gasteiger partial charge in [-0.2, -0.15) is 4.98 Å². The second kappa shape index (κ2) is 6.45. The third kappa shape index (κ3) is 3.99. The van der Waals surface area contributed by atoms with E-state index < -0.39 is 0 Å². The first-order valence-electron chi connectivity index (χ1n) is 6.95. The van der Waals surface area contributed by atoms with Crippen LogP contribution in [0.4, 0.5) is 0 Å². The molecule has 1 saturated heterocycles. The van der Waals surface area contributed by atoms with Crippen LogP contribution in [0.25, 0.3) is 0 Å². The maximum absolute atomic E-state index is 9.28. The maximum Gasteiger partial charge on any atom is 0.226 e. The molecule has 1 aromatic heterocycles. The molecule has 0 amide bonds. The van der Waals surface area contributed by atoms with E-state index in [1.54, 1.807) is 6.92 Å². The number of aliphatic hydroxyl groups excluding tert-OH is 1. The van der Waals surface area contributed by atoms with E-state index >= 15 is 0 Å². The van der Waals surface area contributed by atoms with Crippen molar-refractivity contribution in [1.82, 2.24) is 19.9 Å². The number of hydrogen-bond donors (Lipinski definition) is 1. The van der Waals surface area contributed by atoms with E-state index in [4.69, 9.17) is 4.52 Å². The summed E-state index contributed by atoms with van der Waals surface area (Å²) in [7, 11) is 4.23. The van der Waals surface area contributed by atoms with E-state index in [0.29, 0.717) is 18.7 Å². The summed E-state index contributed by atoms with van der Waals surface area (Å²) < 4.78 is 5.28. The summed E-state index contributed by atoms with van der Waals surface area (Å²) in [6, 6.07) is 0.191. The summed E-state index contributed by atoms with van der Waals surface area (Å²) >= 11 is 0. The molecule has 6 nitrogen and oxygen atoms in total. The zero-order valence-corrected chi connectivity index (χ0v) is 12.0. The average molecular weight is 268 g/mol. The molecule has 108 valence electrons. The molecule has 0 bridgehead atoms. The Bertz CT molecular complexity index is 394. The smallest absolute Gasteiger partial charge is 0.226 e. The summed E-state index contributed by atoms with van der Waals surface area (Å²) in [5, 5.41) is 13.4. The minimum atomic E-state index is -0.331. The van der Waals surface area contributed by atoms with Gasteiger partial charge in [-0.25, -0.2) is 0 Å². The number of aromatic nitrogens is 2. The lowest BCUT2D eigenvalue weighted by Crippen LogP contribution is -2.31. The largest absolute Gasteiger partial charge is 0.393 e.